The first-order chi connectivity index (χ1) is 13.8. The van der Waals surface area contributed by atoms with Crippen molar-refractivity contribution in [2.75, 3.05) is 28.4 Å². The van der Waals surface area contributed by atoms with Crippen LogP contribution in [0.25, 0.3) is 0 Å². The van der Waals surface area contributed by atoms with Crippen LogP contribution in [0.1, 0.15) is 31.1 Å². The third-order valence-electron chi connectivity index (χ3n) is 4.56. The summed E-state index contributed by atoms with van der Waals surface area (Å²) in [6.07, 6.45) is -1.46. The molecule has 2 N–H and O–H groups in total. The van der Waals surface area contributed by atoms with E-state index in [9.17, 15) is 10.2 Å². The molecule has 0 radical (unpaired) electrons. The van der Waals surface area contributed by atoms with Crippen LogP contribution in [-0.4, -0.2) is 50.9 Å². The SMILES string of the molecule is COc1cc([C@@H](O)[C@@H](C)O)ccc1O[C@H](C)Cc1cc(OC)c(OC)c(OC)c1. The van der Waals surface area contributed by atoms with E-state index in [0.29, 0.717) is 40.7 Å². The Morgan fingerprint density at radius 2 is 1.34 bits per heavy atom. The quantitative estimate of drug-likeness (QED) is 0.627. The number of benzene rings is 2. The summed E-state index contributed by atoms with van der Waals surface area (Å²) < 4.78 is 27.6. The number of methoxy groups -OCH3 is 4. The predicted molar refractivity (Wildman–Crippen MR) is 110 cm³/mol. The van der Waals surface area contributed by atoms with E-state index < -0.39 is 12.2 Å². The number of ether oxygens (including phenoxy) is 5. The molecule has 0 saturated carbocycles. The molecule has 0 bridgehead atoms. The van der Waals surface area contributed by atoms with E-state index in [4.69, 9.17) is 23.7 Å². The maximum absolute atomic E-state index is 10.0. The fourth-order valence-electron chi connectivity index (χ4n) is 3.09. The van der Waals surface area contributed by atoms with Crippen molar-refractivity contribution in [3.05, 3.63) is 41.5 Å². The van der Waals surface area contributed by atoms with Crippen LogP contribution in [0.3, 0.4) is 0 Å². The van der Waals surface area contributed by atoms with Gasteiger partial charge in [0.1, 0.15) is 12.2 Å². The summed E-state index contributed by atoms with van der Waals surface area (Å²) in [5.41, 5.74) is 1.52. The van der Waals surface area contributed by atoms with Gasteiger partial charge in [-0.25, -0.2) is 0 Å². The van der Waals surface area contributed by atoms with Crippen LogP contribution < -0.4 is 23.7 Å². The van der Waals surface area contributed by atoms with E-state index >= 15 is 0 Å². The van der Waals surface area contributed by atoms with Crippen LogP contribution in [-0.2, 0) is 6.42 Å². The van der Waals surface area contributed by atoms with Crippen molar-refractivity contribution in [2.24, 2.45) is 0 Å². The normalized spacial score (nSPS) is 13.9. The van der Waals surface area contributed by atoms with Crippen molar-refractivity contribution < 1.29 is 33.9 Å². The average Bonchev–Trinajstić information content (AvgIpc) is 2.72. The van der Waals surface area contributed by atoms with Gasteiger partial charge in [-0.05, 0) is 49.2 Å². The summed E-state index contributed by atoms with van der Waals surface area (Å²) >= 11 is 0. The van der Waals surface area contributed by atoms with Crippen LogP contribution in [0, 0.1) is 0 Å². The zero-order chi connectivity index (χ0) is 21.6. The van der Waals surface area contributed by atoms with E-state index in [0.717, 1.165) is 5.56 Å². The van der Waals surface area contributed by atoms with Crippen molar-refractivity contribution in [2.45, 2.75) is 38.6 Å². The molecule has 0 heterocycles. The van der Waals surface area contributed by atoms with Crippen molar-refractivity contribution in [3.8, 4) is 28.7 Å². The molecule has 2 aromatic carbocycles. The molecule has 0 fully saturated rings. The second kappa shape index (κ2) is 10.2. The molecule has 0 aromatic heterocycles. The summed E-state index contributed by atoms with van der Waals surface area (Å²) in [4.78, 5) is 0. The zero-order valence-electron chi connectivity index (χ0n) is 17.8. The summed E-state index contributed by atoms with van der Waals surface area (Å²) in [5, 5.41) is 19.6. The van der Waals surface area contributed by atoms with Gasteiger partial charge >= 0.3 is 0 Å². The molecular weight excluding hydrogens is 376 g/mol. The standard InChI is InChI=1S/C22H30O7/c1-13(9-15-10-19(26-4)22(28-6)20(11-15)27-5)29-17-8-7-16(12-18(17)25-3)21(24)14(2)23/h7-8,10-14,21,23-24H,9H2,1-6H3/t13-,14-,21+/m1/s1. The topological polar surface area (TPSA) is 86.6 Å². The Balaban J connectivity index is 2.19. The highest BCUT2D eigenvalue weighted by atomic mass is 16.5. The highest BCUT2D eigenvalue weighted by molar-refractivity contribution is 5.54. The molecule has 2 rings (SSSR count). The summed E-state index contributed by atoms with van der Waals surface area (Å²) in [6.45, 7) is 3.47. The Bertz CT molecular complexity index is 779. The lowest BCUT2D eigenvalue weighted by Gasteiger charge is -2.20. The van der Waals surface area contributed by atoms with Crippen LogP contribution in [0.2, 0.25) is 0 Å². The smallest absolute Gasteiger partial charge is 0.203 e. The molecule has 0 amide bonds. The van der Waals surface area contributed by atoms with E-state index in [2.05, 4.69) is 0 Å². The lowest BCUT2D eigenvalue weighted by molar-refractivity contribution is 0.0303. The molecular formula is C22H30O7. The van der Waals surface area contributed by atoms with Gasteiger partial charge in [-0.3, -0.25) is 0 Å². The first-order valence-electron chi connectivity index (χ1n) is 9.34. The Labute approximate surface area is 171 Å². The van der Waals surface area contributed by atoms with Gasteiger partial charge in [-0.1, -0.05) is 6.07 Å². The van der Waals surface area contributed by atoms with E-state index in [-0.39, 0.29) is 6.10 Å². The number of hydrogen-bond donors (Lipinski definition) is 2. The number of hydrogen-bond acceptors (Lipinski definition) is 7. The van der Waals surface area contributed by atoms with Gasteiger partial charge < -0.3 is 33.9 Å². The van der Waals surface area contributed by atoms with Gasteiger partial charge in [0.05, 0.1) is 34.5 Å². The molecule has 7 heteroatoms. The maximum atomic E-state index is 10.0. The fourth-order valence-corrected chi connectivity index (χ4v) is 3.09. The lowest BCUT2D eigenvalue weighted by Crippen LogP contribution is -2.17. The predicted octanol–water partition coefficient (Wildman–Crippen LogP) is 3.15. The minimum absolute atomic E-state index is 0.181. The Morgan fingerprint density at radius 1 is 0.759 bits per heavy atom. The molecule has 29 heavy (non-hydrogen) atoms. The molecule has 0 aliphatic carbocycles. The van der Waals surface area contributed by atoms with E-state index in [1.54, 1.807) is 39.5 Å². The van der Waals surface area contributed by atoms with Gasteiger partial charge in [-0.2, -0.15) is 0 Å². The first-order valence-corrected chi connectivity index (χ1v) is 9.34. The minimum atomic E-state index is -0.991. The number of aliphatic hydroxyl groups excluding tert-OH is 2. The fraction of sp³-hybridized carbons (Fsp3) is 0.455. The second-order valence-corrected chi connectivity index (χ2v) is 6.76. The van der Waals surface area contributed by atoms with Crippen LogP contribution >= 0.6 is 0 Å². The minimum Gasteiger partial charge on any atom is -0.493 e. The molecule has 7 nitrogen and oxygen atoms in total. The van der Waals surface area contributed by atoms with Gasteiger partial charge in [-0.15, -0.1) is 0 Å². The lowest BCUT2D eigenvalue weighted by atomic mass is 10.0. The van der Waals surface area contributed by atoms with Crippen LogP contribution in [0.4, 0.5) is 0 Å². The Kier molecular flexibility index (Phi) is 7.99. The van der Waals surface area contributed by atoms with Crippen molar-refractivity contribution in [1.82, 2.24) is 0 Å². The van der Waals surface area contributed by atoms with Crippen molar-refractivity contribution in [3.63, 3.8) is 0 Å². The van der Waals surface area contributed by atoms with E-state index in [1.807, 2.05) is 19.1 Å². The van der Waals surface area contributed by atoms with Crippen molar-refractivity contribution in [1.29, 1.82) is 0 Å². The van der Waals surface area contributed by atoms with Gasteiger partial charge in [0.2, 0.25) is 5.75 Å². The zero-order valence-corrected chi connectivity index (χ0v) is 17.8. The number of rotatable bonds is 10. The molecule has 0 spiro atoms. The first kappa shape index (κ1) is 22.6. The Morgan fingerprint density at radius 3 is 1.83 bits per heavy atom. The summed E-state index contributed by atoms with van der Waals surface area (Å²) in [6, 6.07) is 8.88. The molecule has 3 atom stereocenters. The van der Waals surface area contributed by atoms with Crippen LogP contribution in [0.5, 0.6) is 28.7 Å². The Hall–Kier alpha value is -2.64. The molecule has 0 aliphatic rings. The molecule has 2 aromatic rings. The monoisotopic (exact) mass is 406 g/mol. The van der Waals surface area contributed by atoms with E-state index in [1.165, 1.54) is 14.0 Å². The van der Waals surface area contributed by atoms with Gasteiger partial charge in [0.25, 0.3) is 0 Å². The molecule has 0 unspecified atom stereocenters. The molecule has 0 aliphatic heterocycles. The second-order valence-electron chi connectivity index (χ2n) is 6.76. The third kappa shape index (κ3) is 5.46. The van der Waals surface area contributed by atoms with Crippen molar-refractivity contribution >= 4 is 0 Å². The number of aliphatic hydroxyl groups is 2. The molecule has 0 saturated heterocycles. The largest absolute Gasteiger partial charge is 0.493 e. The van der Waals surface area contributed by atoms with Crippen LogP contribution in [0.15, 0.2) is 30.3 Å². The third-order valence-corrected chi connectivity index (χ3v) is 4.56. The summed E-state index contributed by atoms with van der Waals surface area (Å²) in [5.74, 6) is 2.75. The summed E-state index contributed by atoms with van der Waals surface area (Å²) in [7, 11) is 6.25. The molecule has 160 valence electrons. The van der Waals surface area contributed by atoms with Gasteiger partial charge in [0.15, 0.2) is 23.0 Å². The van der Waals surface area contributed by atoms with Gasteiger partial charge in [0, 0.05) is 6.42 Å². The highest BCUT2D eigenvalue weighted by Gasteiger charge is 2.19. The highest BCUT2D eigenvalue weighted by Crippen LogP contribution is 2.39. The maximum Gasteiger partial charge on any atom is 0.203 e. The average molecular weight is 406 g/mol.